The first kappa shape index (κ1) is 10.2. The van der Waals surface area contributed by atoms with Crippen molar-refractivity contribution in [2.75, 3.05) is 0 Å². The van der Waals surface area contributed by atoms with Crippen molar-refractivity contribution >= 4 is 11.6 Å². The van der Waals surface area contributed by atoms with Gasteiger partial charge in [0.25, 0.3) is 0 Å². The van der Waals surface area contributed by atoms with Crippen molar-refractivity contribution in [1.82, 2.24) is 14.6 Å². The zero-order valence-electron chi connectivity index (χ0n) is 8.95. The Morgan fingerprint density at radius 1 is 1.53 bits per heavy atom. The molecule has 2 aromatic rings. The van der Waals surface area contributed by atoms with Crippen molar-refractivity contribution in [3.05, 3.63) is 30.2 Å². The van der Waals surface area contributed by atoms with Gasteiger partial charge in [-0.1, -0.05) is 0 Å². The molecule has 1 aliphatic rings. The Morgan fingerprint density at radius 2 is 2.29 bits per heavy atom. The van der Waals surface area contributed by atoms with Gasteiger partial charge in [-0.05, 0) is 18.9 Å². The second kappa shape index (κ2) is 3.27. The topological polar surface area (TPSA) is 87.7 Å². The smallest absolute Gasteiger partial charge is 0.316 e. The average molecular weight is 233 g/mol. The van der Waals surface area contributed by atoms with Crippen LogP contribution in [0.4, 0.5) is 0 Å². The minimum absolute atomic E-state index is 0.214. The molecule has 17 heavy (non-hydrogen) atoms. The third kappa shape index (κ3) is 1.34. The summed E-state index contributed by atoms with van der Waals surface area (Å²) in [7, 11) is 0. The third-order valence-electron chi connectivity index (χ3n) is 3.30. The normalized spacial score (nSPS) is 27.9. The molecule has 0 radical (unpaired) electrons. The molecule has 0 atom stereocenters. The van der Waals surface area contributed by atoms with E-state index in [-0.39, 0.29) is 12.8 Å². The van der Waals surface area contributed by atoms with E-state index in [1.54, 1.807) is 29.0 Å². The van der Waals surface area contributed by atoms with E-state index in [4.69, 9.17) is 0 Å². The predicted molar refractivity (Wildman–Crippen MR) is 57.5 cm³/mol. The van der Waals surface area contributed by atoms with Gasteiger partial charge in [-0.3, -0.25) is 4.79 Å². The SMILES string of the molecule is O=C(O)C1(c2cc3ncccn3n2)CC(O)C1. The summed E-state index contributed by atoms with van der Waals surface area (Å²) < 4.78 is 1.55. The van der Waals surface area contributed by atoms with E-state index >= 15 is 0 Å². The fraction of sp³-hybridized carbons (Fsp3) is 0.364. The number of carboxylic acids is 1. The highest BCUT2D eigenvalue weighted by molar-refractivity contribution is 5.82. The first-order chi connectivity index (χ1) is 8.12. The van der Waals surface area contributed by atoms with Crippen LogP contribution in [0.2, 0.25) is 0 Å². The number of aliphatic carboxylic acids is 1. The van der Waals surface area contributed by atoms with E-state index in [0.29, 0.717) is 11.3 Å². The summed E-state index contributed by atoms with van der Waals surface area (Å²) in [5.41, 5.74) is 0.0335. The predicted octanol–water partition coefficient (Wildman–Crippen LogP) is 0.206. The van der Waals surface area contributed by atoms with E-state index in [1.165, 1.54) is 0 Å². The van der Waals surface area contributed by atoms with Gasteiger partial charge in [0.15, 0.2) is 5.65 Å². The van der Waals surface area contributed by atoms with Crippen LogP contribution in [-0.4, -0.2) is 36.9 Å². The van der Waals surface area contributed by atoms with Crippen LogP contribution in [0.1, 0.15) is 18.5 Å². The van der Waals surface area contributed by atoms with Crippen LogP contribution in [-0.2, 0) is 10.2 Å². The number of carboxylic acid groups (broad SMARTS) is 1. The minimum Gasteiger partial charge on any atom is -0.481 e. The number of rotatable bonds is 2. The van der Waals surface area contributed by atoms with E-state index in [9.17, 15) is 15.0 Å². The number of hydrogen-bond acceptors (Lipinski definition) is 4. The molecule has 0 aliphatic heterocycles. The number of aromatic nitrogens is 3. The molecule has 0 amide bonds. The second-order valence-corrected chi connectivity index (χ2v) is 4.40. The molecule has 6 heteroatoms. The summed E-state index contributed by atoms with van der Waals surface area (Å²) in [6.45, 7) is 0. The Hall–Kier alpha value is -1.95. The zero-order chi connectivity index (χ0) is 12.0. The Labute approximate surface area is 96.5 Å². The van der Waals surface area contributed by atoms with Gasteiger partial charge in [0.05, 0.1) is 11.8 Å². The van der Waals surface area contributed by atoms with Gasteiger partial charge in [0, 0.05) is 18.5 Å². The van der Waals surface area contributed by atoms with E-state index in [0.717, 1.165) is 0 Å². The highest BCUT2D eigenvalue weighted by atomic mass is 16.4. The summed E-state index contributed by atoms with van der Waals surface area (Å²) in [4.78, 5) is 15.4. The molecule has 1 fully saturated rings. The van der Waals surface area contributed by atoms with Gasteiger partial charge in [-0.15, -0.1) is 0 Å². The maximum absolute atomic E-state index is 11.3. The van der Waals surface area contributed by atoms with Gasteiger partial charge < -0.3 is 10.2 Å². The van der Waals surface area contributed by atoms with Gasteiger partial charge >= 0.3 is 5.97 Å². The number of carbonyl (C=O) groups is 1. The summed E-state index contributed by atoms with van der Waals surface area (Å²) in [6.07, 6.45) is 3.22. The van der Waals surface area contributed by atoms with Crippen molar-refractivity contribution in [1.29, 1.82) is 0 Å². The average Bonchev–Trinajstić information content (AvgIpc) is 2.67. The van der Waals surface area contributed by atoms with Crippen molar-refractivity contribution in [2.24, 2.45) is 0 Å². The third-order valence-corrected chi connectivity index (χ3v) is 3.30. The molecule has 3 rings (SSSR count). The fourth-order valence-electron chi connectivity index (χ4n) is 2.30. The molecule has 6 nitrogen and oxygen atoms in total. The van der Waals surface area contributed by atoms with E-state index < -0.39 is 17.5 Å². The van der Waals surface area contributed by atoms with Gasteiger partial charge in [0.2, 0.25) is 0 Å². The molecule has 2 aromatic heterocycles. The molecule has 0 spiro atoms. The molecule has 0 bridgehead atoms. The number of aliphatic hydroxyl groups is 1. The van der Waals surface area contributed by atoms with Crippen LogP contribution in [0.5, 0.6) is 0 Å². The summed E-state index contributed by atoms with van der Waals surface area (Å²) in [5.74, 6) is -0.939. The summed E-state index contributed by atoms with van der Waals surface area (Å²) in [6, 6.07) is 3.40. The lowest BCUT2D eigenvalue weighted by Crippen LogP contribution is -2.50. The van der Waals surface area contributed by atoms with Gasteiger partial charge in [-0.25, -0.2) is 9.50 Å². The maximum atomic E-state index is 11.3. The van der Waals surface area contributed by atoms with E-state index in [2.05, 4.69) is 10.1 Å². The van der Waals surface area contributed by atoms with Crippen molar-refractivity contribution in [3.63, 3.8) is 0 Å². The van der Waals surface area contributed by atoms with Crippen LogP contribution in [0.3, 0.4) is 0 Å². The van der Waals surface area contributed by atoms with Gasteiger partial charge in [0.1, 0.15) is 5.41 Å². The molecular formula is C11H11N3O3. The molecule has 88 valence electrons. The molecule has 0 unspecified atom stereocenters. The van der Waals surface area contributed by atoms with Crippen molar-refractivity contribution in [3.8, 4) is 0 Å². The number of aliphatic hydroxyl groups excluding tert-OH is 1. The lowest BCUT2D eigenvalue weighted by atomic mass is 9.65. The Morgan fingerprint density at radius 3 is 2.88 bits per heavy atom. The molecule has 0 aromatic carbocycles. The standard InChI is InChI=1S/C11H11N3O3/c15-7-5-11(6-7,10(16)17)8-4-9-12-2-1-3-14(9)13-8/h1-4,7,15H,5-6H2,(H,16,17). The quantitative estimate of drug-likeness (QED) is 0.774. The van der Waals surface area contributed by atoms with Crippen LogP contribution < -0.4 is 0 Å². The highest BCUT2D eigenvalue weighted by Gasteiger charge is 2.53. The Balaban J connectivity index is 2.10. The largest absolute Gasteiger partial charge is 0.481 e. The van der Waals surface area contributed by atoms with Crippen LogP contribution in [0, 0.1) is 0 Å². The first-order valence-electron chi connectivity index (χ1n) is 5.34. The first-order valence-corrected chi connectivity index (χ1v) is 5.34. The molecule has 2 N–H and O–H groups in total. The number of hydrogen-bond donors (Lipinski definition) is 2. The molecule has 1 saturated carbocycles. The van der Waals surface area contributed by atoms with Crippen LogP contribution in [0.25, 0.3) is 5.65 Å². The maximum Gasteiger partial charge on any atom is 0.316 e. The van der Waals surface area contributed by atoms with Crippen molar-refractivity contribution < 1.29 is 15.0 Å². The van der Waals surface area contributed by atoms with E-state index in [1.807, 2.05) is 0 Å². The highest BCUT2D eigenvalue weighted by Crippen LogP contribution is 2.43. The second-order valence-electron chi connectivity index (χ2n) is 4.40. The summed E-state index contributed by atoms with van der Waals surface area (Å²) in [5, 5.41) is 22.9. The minimum atomic E-state index is -1.05. The van der Waals surface area contributed by atoms with Crippen LogP contribution in [0.15, 0.2) is 24.5 Å². The zero-order valence-corrected chi connectivity index (χ0v) is 8.95. The Bertz CT molecular complexity index is 553. The fourth-order valence-corrected chi connectivity index (χ4v) is 2.30. The molecule has 2 heterocycles. The monoisotopic (exact) mass is 233 g/mol. The van der Waals surface area contributed by atoms with Gasteiger partial charge in [-0.2, -0.15) is 5.10 Å². The molecule has 0 saturated heterocycles. The lowest BCUT2D eigenvalue weighted by molar-refractivity contribution is -0.153. The number of nitrogens with zero attached hydrogens (tertiary/aromatic N) is 3. The van der Waals surface area contributed by atoms with Crippen molar-refractivity contribution in [2.45, 2.75) is 24.4 Å². The lowest BCUT2D eigenvalue weighted by Gasteiger charge is -2.40. The summed E-state index contributed by atoms with van der Waals surface area (Å²) >= 11 is 0. The molecule has 1 aliphatic carbocycles. The Kier molecular flexibility index (Phi) is 1.97. The number of fused-ring (bicyclic) bond motifs is 1. The van der Waals surface area contributed by atoms with Crippen LogP contribution >= 0.6 is 0 Å². The molecular weight excluding hydrogens is 222 g/mol.